The molecular formula is C9H15N3O4S. The molecule has 96 valence electrons. The summed E-state index contributed by atoms with van der Waals surface area (Å²) in [5.41, 5.74) is 1.51. The standard InChI is InChI=1S/C9H15N3O4S/c1-6-7(2)10-11-9(6)12-17(15,16)5-3-4-8(13)14/h3-5H2,1-2H3,(H,13,14)(H2,10,11,12). The van der Waals surface area contributed by atoms with Crippen LogP contribution in [-0.4, -0.2) is 35.4 Å². The smallest absolute Gasteiger partial charge is 0.303 e. The Morgan fingerprint density at radius 2 is 2.12 bits per heavy atom. The Morgan fingerprint density at radius 3 is 2.59 bits per heavy atom. The second-order valence-corrected chi connectivity index (χ2v) is 5.58. The number of anilines is 1. The number of aromatic amines is 1. The topological polar surface area (TPSA) is 112 Å². The zero-order valence-corrected chi connectivity index (χ0v) is 10.5. The first kappa shape index (κ1) is 13.5. The van der Waals surface area contributed by atoms with Crippen LogP contribution in [0.1, 0.15) is 24.1 Å². The van der Waals surface area contributed by atoms with E-state index < -0.39 is 16.0 Å². The number of nitrogens with one attached hydrogen (secondary N) is 2. The van der Waals surface area contributed by atoms with Crippen molar-refractivity contribution in [3.8, 4) is 0 Å². The largest absolute Gasteiger partial charge is 0.481 e. The van der Waals surface area contributed by atoms with Gasteiger partial charge < -0.3 is 5.11 Å². The quantitative estimate of drug-likeness (QED) is 0.695. The van der Waals surface area contributed by atoms with Crippen molar-refractivity contribution in [3.05, 3.63) is 11.3 Å². The minimum atomic E-state index is -3.54. The SMILES string of the molecule is Cc1[nH]nc(NS(=O)(=O)CCCC(=O)O)c1C. The van der Waals surface area contributed by atoms with Crippen LogP contribution < -0.4 is 4.72 Å². The number of rotatable bonds is 6. The van der Waals surface area contributed by atoms with Gasteiger partial charge in [0.25, 0.3) is 0 Å². The van der Waals surface area contributed by atoms with Crippen molar-refractivity contribution in [3.63, 3.8) is 0 Å². The second kappa shape index (κ2) is 5.17. The zero-order valence-electron chi connectivity index (χ0n) is 9.65. The highest BCUT2D eigenvalue weighted by atomic mass is 32.2. The lowest BCUT2D eigenvalue weighted by Crippen LogP contribution is -2.18. The van der Waals surface area contributed by atoms with Crippen molar-refractivity contribution in [1.29, 1.82) is 0 Å². The van der Waals surface area contributed by atoms with Gasteiger partial charge in [-0.25, -0.2) is 8.42 Å². The molecule has 0 saturated carbocycles. The van der Waals surface area contributed by atoms with Crippen LogP contribution in [0.2, 0.25) is 0 Å². The number of carboxylic acid groups (broad SMARTS) is 1. The monoisotopic (exact) mass is 261 g/mol. The van der Waals surface area contributed by atoms with Gasteiger partial charge in [0.2, 0.25) is 10.0 Å². The number of hydrogen-bond donors (Lipinski definition) is 3. The maximum atomic E-state index is 11.6. The summed E-state index contributed by atoms with van der Waals surface area (Å²) in [7, 11) is -3.54. The number of hydrogen-bond acceptors (Lipinski definition) is 4. The van der Waals surface area contributed by atoms with E-state index in [0.29, 0.717) is 0 Å². The van der Waals surface area contributed by atoms with Gasteiger partial charge in [-0.15, -0.1) is 0 Å². The summed E-state index contributed by atoms with van der Waals surface area (Å²) in [5, 5.41) is 14.9. The van der Waals surface area contributed by atoms with E-state index in [-0.39, 0.29) is 24.4 Å². The Morgan fingerprint density at radius 1 is 1.47 bits per heavy atom. The van der Waals surface area contributed by atoms with Crippen molar-refractivity contribution in [2.45, 2.75) is 26.7 Å². The third kappa shape index (κ3) is 4.06. The maximum absolute atomic E-state index is 11.6. The van der Waals surface area contributed by atoms with Crippen LogP contribution in [0.15, 0.2) is 0 Å². The van der Waals surface area contributed by atoms with Gasteiger partial charge in [-0.05, 0) is 20.3 Å². The fourth-order valence-corrected chi connectivity index (χ4v) is 2.32. The third-order valence-corrected chi connectivity index (χ3v) is 3.64. The molecule has 0 atom stereocenters. The number of carboxylic acids is 1. The van der Waals surface area contributed by atoms with Crippen molar-refractivity contribution in [2.24, 2.45) is 0 Å². The fourth-order valence-electron chi connectivity index (χ4n) is 1.20. The summed E-state index contributed by atoms with van der Waals surface area (Å²) in [6.07, 6.45) is -0.0907. The molecular weight excluding hydrogens is 246 g/mol. The fraction of sp³-hybridized carbons (Fsp3) is 0.556. The molecule has 0 saturated heterocycles. The number of carbonyl (C=O) groups is 1. The predicted octanol–water partition coefficient (Wildman–Crippen LogP) is 0.633. The van der Waals surface area contributed by atoms with E-state index in [1.807, 2.05) is 0 Å². The number of aromatic nitrogens is 2. The van der Waals surface area contributed by atoms with Crippen molar-refractivity contribution in [1.82, 2.24) is 10.2 Å². The molecule has 1 aromatic rings. The number of aliphatic carboxylic acids is 1. The molecule has 0 aliphatic carbocycles. The van der Waals surface area contributed by atoms with Crippen molar-refractivity contribution in [2.75, 3.05) is 10.5 Å². The van der Waals surface area contributed by atoms with Crippen LogP contribution in [0.4, 0.5) is 5.82 Å². The Labute approximate surface area is 99.3 Å². The van der Waals surface area contributed by atoms with E-state index in [9.17, 15) is 13.2 Å². The lowest BCUT2D eigenvalue weighted by atomic mass is 10.3. The van der Waals surface area contributed by atoms with Gasteiger partial charge in [-0.3, -0.25) is 14.6 Å². The van der Waals surface area contributed by atoms with Gasteiger partial charge in [0.05, 0.1) is 5.75 Å². The highest BCUT2D eigenvalue weighted by Crippen LogP contribution is 2.15. The van der Waals surface area contributed by atoms with E-state index in [4.69, 9.17) is 5.11 Å². The molecule has 1 rings (SSSR count). The van der Waals surface area contributed by atoms with Crippen molar-refractivity contribution >= 4 is 21.8 Å². The minimum absolute atomic E-state index is 0.0765. The molecule has 0 fully saturated rings. The summed E-state index contributed by atoms with van der Waals surface area (Å²) in [4.78, 5) is 10.3. The molecule has 17 heavy (non-hydrogen) atoms. The van der Waals surface area contributed by atoms with Crippen LogP contribution in [0.3, 0.4) is 0 Å². The number of nitrogens with zero attached hydrogens (tertiary/aromatic N) is 1. The Kier molecular flexibility index (Phi) is 4.11. The van der Waals surface area contributed by atoms with Crippen LogP contribution in [0.5, 0.6) is 0 Å². The summed E-state index contributed by atoms with van der Waals surface area (Å²) in [6, 6.07) is 0. The summed E-state index contributed by atoms with van der Waals surface area (Å²) in [6.45, 7) is 3.53. The number of H-pyrrole nitrogens is 1. The predicted molar refractivity (Wildman–Crippen MR) is 62.3 cm³/mol. The Balaban J connectivity index is 2.61. The average Bonchev–Trinajstić information content (AvgIpc) is 2.48. The van der Waals surface area contributed by atoms with Gasteiger partial charge in [-0.1, -0.05) is 0 Å². The molecule has 0 spiro atoms. The first-order valence-corrected chi connectivity index (χ1v) is 6.71. The highest BCUT2D eigenvalue weighted by molar-refractivity contribution is 7.92. The molecule has 1 heterocycles. The lowest BCUT2D eigenvalue weighted by molar-refractivity contribution is -0.137. The minimum Gasteiger partial charge on any atom is -0.481 e. The molecule has 0 amide bonds. The van der Waals surface area contributed by atoms with Gasteiger partial charge in [0.1, 0.15) is 0 Å². The highest BCUT2D eigenvalue weighted by Gasteiger charge is 2.15. The molecule has 8 heteroatoms. The van der Waals surface area contributed by atoms with Crippen LogP contribution in [-0.2, 0) is 14.8 Å². The second-order valence-electron chi connectivity index (χ2n) is 3.74. The van der Waals surface area contributed by atoms with E-state index >= 15 is 0 Å². The van der Waals surface area contributed by atoms with Crippen LogP contribution >= 0.6 is 0 Å². The van der Waals surface area contributed by atoms with E-state index in [0.717, 1.165) is 11.3 Å². The first-order chi connectivity index (χ1) is 7.82. The Hall–Kier alpha value is -1.57. The maximum Gasteiger partial charge on any atom is 0.303 e. The normalized spacial score (nSPS) is 11.4. The third-order valence-electron chi connectivity index (χ3n) is 2.31. The summed E-state index contributed by atoms with van der Waals surface area (Å²) < 4.78 is 25.5. The zero-order chi connectivity index (χ0) is 13.1. The molecule has 0 aromatic carbocycles. The first-order valence-electron chi connectivity index (χ1n) is 5.05. The van der Waals surface area contributed by atoms with E-state index in [2.05, 4.69) is 14.9 Å². The number of sulfonamides is 1. The molecule has 0 bridgehead atoms. The Bertz CT molecular complexity index is 506. The van der Waals surface area contributed by atoms with Crippen LogP contribution in [0.25, 0.3) is 0 Å². The molecule has 7 nitrogen and oxygen atoms in total. The number of aryl methyl sites for hydroxylation is 1. The molecule has 0 aliphatic rings. The van der Waals surface area contributed by atoms with E-state index in [1.54, 1.807) is 13.8 Å². The van der Waals surface area contributed by atoms with Gasteiger partial charge >= 0.3 is 5.97 Å². The van der Waals surface area contributed by atoms with Crippen molar-refractivity contribution < 1.29 is 18.3 Å². The van der Waals surface area contributed by atoms with Gasteiger partial charge in [-0.2, -0.15) is 5.10 Å². The summed E-state index contributed by atoms with van der Waals surface area (Å²) >= 11 is 0. The molecule has 1 aromatic heterocycles. The molecule has 0 aliphatic heterocycles. The molecule has 3 N–H and O–H groups in total. The van der Waals surface area contributed by atoms with Gasteiger partial charge in [0, 0.05) is 17.7 Å². The van der Waals surface area contributed by atoms with Crippen LogP contribution in [0, 0.1) is 13.8 Å². The van der Waals surface area contributed by atoms with E-state index in [1.165, 1.54) is 0 Å². The summed E-state index contributed by atoms with van der Waals surface area (Å²) in [5.74, 6) is -0.977. The molecule has 0 unspecified atom stereocenters. The average molecular weight is 261 g/mol. The molecule has 0 radical (unpaired) electrons. The lowest BCUT2D eigenvalue weighted by Gasteiger charge is -2.05. The van der Waals surface area contributed by atoms with Gasteiger partial charge in [0.15, 0.2) is 5.82 Å².